The highest BCUT2D eigenvalue weighted by Crippen LogP contribution is 2.32. The molecule has 1 saturated heterocycles. The summed E-state index contributed by atoms with van der Waals surface area (Å²) >= 11 is 1.81. The first-order valence-electron chi connectivity index (χ1n) is 5.37. The molecule has 2 aliphatic rings. The van der Waals surface area contributed by atoms with E-state index < -0.39 is 0 Å². The van der Waals surface area contributed by atoms with E-state index >= 15 is 0 Å². The third-order valence-corrected chi connectivity index (χ3v) is 4.13. The maximum atomic E-state index is 2.67. The fourth-order valence-electron chi connectivity index (χ4n) is 2.66. The van der Waals surface area contributed by atoms with Crippen molar-refractivity contribution in [3.63, 3.8) is 0 Å². The molecule has 74 valence electrons. The van der Waals surface area contributed by atoms with Crippen molar-refractivity contribution in [3.05, 3.63) is 34.5 Å². The Hall–Kier alpha value is -0.600. The van der Waals surface area contributed by atoms with Crippen molar-refractivity contribution in [1.29, 1.82) is 0 Å². The molecule has 1 nitrogen and oxygen atoms in total. The molecule has 2 bridgehead atoms. The predicted molar refractivity (Wildman–Crippen MR) is 60.4 cm³/mol. The second-order valence-corrected chi connectivity index (χ2v) is 5.05. The minimum absolute atomic E-state index is 0.730. The van der Waals surface area contributed by atoms with Gasteiger partial charge in [-0.15, -0.1) is 0 Å². The van der Waals surface area contributed by atoms with Gasteiger partial charge in [0.25, 0.3) is 0 Å². The highest BCUT2D eigenvalue weighted by Gasteiger charge is 2.33. The van der Waals surface area contributed by atoms with Crippen molar-refractivity contribution in [2.24, 2.45) is 0 Å². The van der Waals surface area contributed by atoms with Gasteiger partial charge >= 0.3 is 0 Å². The SMILES string of the molecule is C1=CC2CCC(C1)N2Cc1ccsc1. The van der Waals surface area contributed by atoms with Crippen LogP contribution in [-0.2, 0) is 6.54 Å². The number of nitrogens with zero attached hydrogens (tertiary/aromatic N) is 1. The van der Waals surface area contributed by atoms with Crippen LogP contribution in [0.15, 0.2) is 29.0 Å². The summed E-state index contributed by atoms with van der Waals surface area (Å²) in [5.41, 5.74) is 1.49. The molecule has 3 heterocycles. The van der Waals surface area contributed by atoms with Crippen LogP contribution in [0.2, 0.25) is 0 Å². The summed E-state index contributed by atoms with van der Waals surface area (Å²) in [5.74, 6) is 0. The van der Waals surface area contributed by atoms with Gasteiger partial charge in [-0.05, 0) is 41.7 Å². The van der Waals surface area contributed by atoms with E-state index in [0.29, 0.717) is 0 Å². The van der Waals surface area contributed by atoms with Gasteiger partial charge in [0.15, 0.2) is 0 Å². The third kappa shape index (κ3) is 1.43. The van der Waals surface area contributed by atoms with Crippen LogP contribution in [0.5, 0.6) is 0 Å². The van der Waals surface area contributed by atoms with Gasteiger partial charge in [0.05, 0.1) is 0 Å². The summed E-state index contributed by atoms with van der Waals surface area (Å²) in [7, 11) is 0. The zero-order valence-corrected chi connectivity index (χ0v) is 9.04. The average molecular weight is 205 g/mol. The molecular weight excluding hydrogens is 190 g/mol. The van der Waals surface area contributed by atoms with Crippen LogP contribution < -0.4 is 0 Å². The standard InChI is InChI=1S/C12H15NS/c1-2-11-4-5-12(3-1)13(11)8-10-6-7-14-9-10/h1-2,6-7,9,11-12H,3-5,8H2. The monoisotopic (exact) mass is 205 g/mol. The molecule has 3 rings (SSSR count). The van der Waals surface area contributed by atoms with Crippen LogP contribution in [0.4, 0.5) is 0 Å². The van der Waals surface area contributed by atoms with Crippen molar-refractivity contribution in [2.75, 3.05) is 0 Å². The van der Waals surface area contributed by atoms with E-state index in [1.165, 1.54) is 24.8 Å². The molecule has 2 atom stereocenters. The Morgan fingerprint density at radius 1 is 1.43 bits per heavy atom. The second-order valence-electron chi connectivity index (χ2n) is 4.27. The fraction of sp³-hybridized carbons (Fsp3) is 0.500. The average Bonchev–Trinajstić information content (AvgIpc) is 2.75. The zero-order valence-electron chi connectivity index (χ0n) is 8.23. The van der Waals surface area contributed by atoms with Crippen LogP contribution in [0.25, 0.3) is 0 Å². The molecule has 2 aliphatic heterocycles. The Balaban J connectivity index is 1.77. The molecule has 2 heteroatoms. The molecule has 0 N–H and O–H groups in total. The lowest BCUT2D eigenvalue weighted by molar-refractivity contribution is 0.200. The number of thiophene rings is 1. The van der Waals surface area contributed by atoms with Gasteiger partial charge in [0.2, 0.25) is 0 Å². The van der Waals surface area contributed by atoms with Crippen molar-refractivity contribution < 1.29 is 0 Å². The molecule has 0 aromatic carbocycles. The maximum absolute atomic E-state index is 2.67. The van der Waals surface area contributed by atoms with E-state index in [0.717, 1.165) is 18.6 Å². The summed E-state index contributed by atoms with van der Waals surface area (Å²) in [4.78, 5) is 2.67. The lowest BCUT2D eigenvalue weighted by atomic mass is 10.1. The van der Waals surface area contributed by atoms with E-state index in [4.69, 9.17) is 0 Å². The number of hydrogen-bond acceptors (Lipinski definition) is 2. The van der Waals surface area contributed by atoms with E-state index in [1.807, 2.05) is 0 Å². The summed E-state index contributed by atoms with van der Waals surface area (Å²) in [5, 5.41) is 4.45. The highest BCUT2D eigenvalue weighted by atomic mass is 32.1. The minimum Gasteiger partial charge on any atom is -0.289 e. The molecule has 14 heavy (non-hydrogen) atoms. The normalized spacial score (nSPS) is 31.1. The second kappa shape index (κ2) is 3.52. The maximum Gasteiger partial charge on any atom is 0.0285 e. The summed E-state index contributed by atoms with van der Waals surface area (Å²) in [6, 6.07) is 3.81. The Morgan fingerprint density at radius 3 is 3.21 bits per heavy atom. The Bertz CT molecular complexity index is 328. The molecule has 2 unspecified atom stereocenters. The number of hydrogen-bond donors (Lipinski definition) is 0. The zero-order chi connectivity index (χ0) is 9.38. The van der Waals surface area contributed by atoms with Crippen molar-refractivity contribution in [1.82, 2.24) is 4.90 Å². The van der Waals surface area contributed by atoms with Crippen LogP contribution in [0.3, 0.4) is 0 Å². The van der Waals surface area contributed by atoms with E-state index in [2.05, 4.69) is 33.9 Å². The van der Waals surface area contributed by atoms with Crippen molar-refractivity contribution >= 4 is 11.3 Å². The van der Waals surface area contributed by atoms with Gasteiger partial charge in [0, 0.05) is 18.6 Å². The highest BCUT2D eigenvalue weighted by molar-refractivity contribution is 7.07. The van der Waals surface area contributed by atoms with E-state index in [9.17, 15) is 0 Å². The van der Waals surface area contributed by atoms with Gasteiger partial charge in [-0.3, -0.25) is 4.90 Å². The molecule has 0 radical (unpaired) electrons. The third-order valence-electron chi connectivity index (χ3n) is 3.40. The summed E-state index contributed by atoms with van der Waals surface area (Å²) < 4.78 is 0. The molecule has 1 aromatic rings. The molecule has 0 spiro atoms. The van der Waals surface area contributed by atoms with Gasteiger partial charge in [0.1, 0.15) is 0 Å². The molecule has 1 fully saturated rings. The Morgan fingerprint density at radius 2 is 2.43 bits per heavy atom. The first-order valence-corrected chi connectivity index (χ1v) is 6.31. The number of rotatable bonds is 2. The Kier molecular flexibility index (Phi) is 2.18. The summed E-state index contributed by atoms with van der Waals surface area (Å²) in [6.07, 6.45) is 8.79. The summed E-state index contributed by atoms with van der Waals surface area (Å²) in [6.45, 7) is 1.16. The van der Waals surface area contributed by atoms with Gasteiger partial charge < -0.3 is 0 Å². The molecular formula is C12H15NS. The van der Waals surface area contributed by atoms with Gasteiger partial charge in [-0.2, -0.15) is 11.3 Å². The number of fused-ring (bicyclic) bond motifs is 2. The topological polar surface area (TPSA) is 3.24 Å². The predicted octanol–water partition coefficient (Wildman–Crippen LogP) is 3.04. The Labute approximate surface area is 89.0 Å². The van der Waals surface area contributed by atoms with E-state index in [1.54, 1.807) is 11.3 Å². The van der Waals surface area contributed by atoms with Crippen LogP contribution in [0.1, 0.15) is 24.8 Å². The van der Waals surface area contributed by atoms with Crippen LogP contribution in [0, 0.1) is 0 Å². The van der Waals surface area contributed by atoms with Gasteiger partial charge in [-0.25, -0.2) is 0 Å². The largest absolute Gasteiger partial charge is 0.289 e. The molecule has 1 aromatic heterocycles. The lowest BCUT2D eigenvalue weighted by Gasteiger charge is -2.30. The minimum atomic E-state index is 0.730. The van der Waals surface area contributed by atoms with E-state index in [-0.39, 0.29) is 0 Å². The van der Waals surface area contributed by atoms with Crippen LogP contribution >= 0.6 is 11.3 Å². The van der Waals surface area contributed by atoms with Crippen molar-refractivity contribution in [3.8, 4) is 0 Å². The first-order chi connectivity index (χ1) is 6.93. The van der Waals surface area contributed by atoms with Gasteiger partial charge in [-0.1, -0.05) is 12.2 Å². The lowest BCUT2D eigenvalue weighted by Crippen LogP contribution is -2.36. The van der Waals surface area contributed by atoms with Crippen molar-refractivity contribution in [2.45, 2.75) is 37.9 Å². The van der Waals surface area contributed by atoms with Crippen LogP contribution in [-0.4, -0.2) is 17.0 Å². The quantitative estimate of drug-likeness (QED) is 0.671. The molecule has 0 aliphatic carbocycles. The molecule has 0 saturated carbocycles. The molecule has 0 amide bonds. The fourth-order valence-corrected chi connectivity index (χ4v) is 3.32. The first kappa shape index (κ1) is 8.69. The smallest absolute Gasteiger partial charge is 0.0285 e.